The minimum atomic E-state index is -0.158. The lowest BCUT2D eigenvalue weighted by atomic mass is 9.88. The van der Waals surface area contributed by atoms with E-state index in [9.17, 15) is 4.79 Å². The molecule has 22 heavy (non-hydrogen) atoms. The highest BCUT2D eigenvalue weighted by Crippen LogP contribution is 2.53. The van der Waals surface area contributed by atoms with Gasteiger partial charge in [0.1, 0.15) is 0 Å². The maximum atomic E-state index is 12.3. The van der Waals surface area contributed by atoms with Crippen LogP contribution in [-0.4, -0.2) is 32.9 Å². The summed E-state index contributed by atoms with van der Waals surface area (Å²) in [7, 11) is 2.17. The number of hydrogen-bond donors (Lipinski definition) is 1. The molecule has 1 aliphatic heterocycles. The van der Waals surface area contributed by atoms with Crippen molar-refractivity contribution < 1.29 is 0 Å². The molecule has 1 saturated heterocycles. The predicted octanol–water partition coefficient (Wildman–Crippen LogP) is 1.97. The van der Waals surface area contributed by atoms with Gasteiger partial charge in [-0.25, -0.2) is 4.98 Å². The number of aromatic amines is 1. The lowest BCUT2D eigenvalue weighted by Crippen LogP contribution is -2.39. The van der Waals surface area contributed by atoms with E-state index in [1.165, 1.54) is 5.56 Å². The van der Waals surface area contributed by atoms with Crippen molar-refractivity contribution in [3.8, 4) is 11.3 Å². The SMILES string of the molecule is CN1CCCC12c1ccccc1-c1[nH]c(=O)c3nccn3c12. The van der Waals surface area contributed by atoms with Crippen LogP contribution in [0.15, 0.2) is 41.5 Å². The third-order valence-electron chi connectivity index (χ3n) is 5.28. The molecule has 2 aliphatic rings. The molecule has 0 bridgehead atoms. The second-order valence-electron chi connectivity index (χ2n) is 6.23. The van der Waals surface area contributed by atoms with Gasteiger partial charge < -0.3 is 4.98 Å². The van der Waals surface area contributed by atoms with E-state index in [1.807, 2.05) is 16.7 Å². The fraction of sp³-hybridized carbons (Fsp3) is 0.294. The van der Waals surface area contributed by atoms with Gasteiger partial charge in [0, 0.05) is 18.0 Å². The summed E-state index contributed by atoms with van der Waals surface area (Å²) in [4.78, 5) is 22.1. The Morgan fingerprint density at radius 1 is 1.32 bits per heavy atom. The first kappa shape index (κ1) is 12.2. The number of aromatic nitrogens is 3. The van der Waals surface area contributed by atoms with Gasteiger partial charge in [0.25, 0.3) is 5.56 Å². The van der Waals surface area contributed by atoms with Gasteiger partial charge in [0.2, 0.25) is 5.65 Å². The highest BCUT2D eigenvalue weighted by atomic mass is 16.1. The first-order valence-corrected chi connectivity index (χ1v) is 7.64. The average molecular weight is 292 g/mol. The largest absolute Gasteiger partial charge is 0.317 e. The lowest BCUT2D eigenvalue weighted by molar-refractivity contribution is 0.220. The summed E-state index contributed by atoms with van der Waals surface area (Å²) in [5.74, 6) is 0. The molecule has 1 aromatic carbocycles. The Morgan fingerprint density at radius 2 is 2.18 bits per heavy atom. The summed E-state index contributed by atoms with van der Waals surface area (Å²) in [6, 6.07) is 8.42. The maximum absolute atomic E-state index is 12.3. The monoisotopic (exact) mass is 292 g/mol. The Kier molecular flexibility index (Phi) is 2.14. The number of benzene rings is 1. The molecule has 3 heterocycles. The van der Waals surface area contributed by atoms with E-state index in [0.29, 0.717) is 5.65 Å². The van der Waals surface area contributed by atoms with E-state index >= 15 is 0 Å². The quantitative estimate of drug-likeness (QED) is 0.689. The van der Waals surface area contributed by atoms with E-state index in [4.69, 9.17) is 0 Å². The van der Waals surface area contributed by atoms with E-state index in [2.05, 4.69) is 40.1 Å². The van der Waals surface area contributed by atoms with Gasteiger partial charge in [-0.05, 0) is 32.0 Å². The van der Waals surface area contributed by atoms with E-state index < -0.39 is 0 Å². The fourth-order valence-corrected chi connectivity index (χ4v) is 4.38. The molecule has 3 aromatic rings. The Balaban J connectivity index is 2.02. The van der Waals surface area contributed by atoms with Crippen molar-refractivity contribution in [1.82, 2.24) is 19.3 Å². The van der Waals surface area contributed by atoms with E-state index in [0.717, 1.165) is 36.3 Å². The van der Waals surface area contributed by atoms with Crippen molar-refractivity contribution in [1.29, 1.82) is 0 Å². The number of nitrogens with zero attached hydrogens (tertiary/aromatic N) is 3. The molecule has 1 N–H and O–H groups in total. The Bertz CT molecular complexity index is 970. The third-order valence-corrected chi connectivity index (χ3v) is 5.28. The van der Waals surface area contributed by atoms with Crippen molar-refractivity contribution in [2.24, 2.45) is 0 Å². The van der Waals surface area contributed by atoms with Crippen LogP contribution in [0.25, 0.3) is 16.9 Å². The Hall–Kier alpha value is -2.40. The molecule has 0 amide bonds. The van der Waals surface area contributed by atoms with Crippen LogP contribution < -0.4 is 5.56 Å². The zero-order valence-electron chi connectivity index (χ0n) is 12.3. The molecule has 5 nitrogen and oxygen atoms in total. The van der Waals surface area contributed by atoms with Crippen LogP contribution in [0, 0.1) is 0 Å². The molecular formula is C17H16N4O. The number of hydrogen-bond acceptors (Lipinski definition) is 3. The fourth-order valence-electron chi connectivity index (χ4n) is 4.38. The first-order chi connectivity index (χ1) is 10.7. The second-order valence-corrected chi connectivity index (χ2v) is 6.23. The van der Waals surface area contributed by atoms with Crippen LogP contribution in [-0.2, 0) is 5.54 Å². The summed E-state index contributed by atoms with van der Waals surface area (Å²) in [5, 5.41) is 0. The summed E-state index contributed by atoms with van der Waals surface area (Å²) in [6.07, 6.45) is 5.83. The number of fused-ring (bicyclic) bond motifs is 7. The number of nitrogens with one attached hydrogen (secondary N) is 1. The highest BCUT2D eigenvalue weighted by molar-refractivity contribution is 5.77. The van der Waals surface area contributed by atoms with E-state index in [-0.39, 0.29) is 11.1 Å². The van der Waals surface area contributed by atoms with Gasteiger partial charge >= 0.3 is 0 Å². The zero-order chi connectivity index (χ0) is 14.9. The summed E-state index contributed by atoms with van der Waals surface area (Å²) in [5.41, 5.74) is 4.72. The van der Waals surface area contributed by atoms with E-state index in [1.54, 1.807) is 6.20 Å². The van der Waals surface area contributed by atoms with Crippen molar-refractivity contribution in [3.05, 3.63) is 58.3 Å². The van der Waals surface area contributed by atoms with Crippen LogP contribution >= 0.6 is 0 Å². The molecule has 1 unspecified atom stereocenters. The molecule has 2 aromatic heterocycles. The molecule has 5 rings (SSSR count). The third kappa shape index (κ3) is 1.20. The predicted molar refractivity (Wildman–Crippen MR) is 83.9 cm³/mol. The minimum absolute atomic E-state index is 0.128. The van der Waals surface area contributed by atoms with Crippen LogP contribution in [0.2, 0.25) is 0 Å². The lowest BCUT2D eigenvalue weighted by Gasteiger charge is -2.34. The summed E-state index contributed by atoms with van der Waals surface area (Å²) in [6.45, 7) is 1.06. The normalized spacial score (nSPS) is 23.3. The standard InChI is InChI=1S/C17H16N4O/c1-20-9-4-7-17(20)12-6-3-2-5-11(12)13-14(17)21-10-8-18-15(21)16(22)19-13/h2-3,5-6,8,10H,4,7,9H2,1H3,(H,19,22). The molecular weight excluding hydrogens is 276 g/mol. The van der Waals surface area contributed by atoms with Crippen LogP contribution in [0.5, 0.6) is 0 Å². The maximum Gasteiger partial charge on any atom is 0.292 e. The first-order valence-electron chi connectivity index (χ1n) is 7.64. The number of H-pyrrole nitrogens is 1. The van der Waals surface area contributed by atoms with Crippen LogP contribution in [0.4, 0.5) is 0 Å². The average Bonchev–Trinajstić information content (AvgIpc) is 3.20. The topological polar surface area (TPSA) is 53.4 Å². The van der Waals surface area contributed by atoms with Gasteiger partial charge in [0.15, 0.2) is 0 Å². The number of likely N-dealkylation sites (tertiary alicyclic amines) is 1. The smallest absolute Gasteiger partial charge is 0.292 e. The number of rotatable bonds is 0. The molecule has 1 spiro atoms. The van der Waals surface area contributed by atoms with Gasteiger partial charge in [-0.2, -0.15) is 0 Å². The molecule has 110 valence electrons. The van der Waals surface area contributed by atoms with Gasteiger partial charge in [-0.15, -0.1) is 0 Å². The molecule has 1 aliphatic carbocycles. The summed E-state index contributed by atoms with van der Waals surface area (Å²) >= 11 is 0. The molecule has 5 heteroatoms. The van der Waals surface area contributed by atoms with Gasteiger partial charge in [-0.3, -0.25) is 14.1 Å². The Morgan fingerprint density at radius 3 is 3.00 bits per heavy atom. The number of imidazole rings is 1. The highest BCUT2D eigenvalue weighted by Gasteiger charge is 2.50. The minimum Gasteiger partial charge on any atom is -0.317 e. The Labute approximate surface area is 127 Å². The van der Waals surface area contributed by atoms with Crippen molar-refractivity contribution >= 4 is 5.65 Å². The van der Waals surface area contributed by atoms with Crippen molar-refractivity contribution in [2.75, 3.05) is 13.6 Å². The zero-order valence-corrected chi connectivity index (χ0v) is 12.3. The molecule has 0 radical (unpaired) electrons. The molecule has 1 atom stereocenters. The molecule has 0 saturated carbocycles. The van der Waals surface area contributed by atoms with Crippen molar-refractivity contribution in [3.63, 3.8) is 0 Å². The van der Waals surface area contributed by atoms with Crippen molar-refractivity contribution in [2.45, 2.75) is 18.4 Å². The summed E-state index contributed by atoms with van der Waals surface area (Å²) < 4.78 is 1.98. The molecule has 1 fully saturated rings. The van der Waals surface area contributed by atoms with Crippen LogP contribution in [0.3, 0.4) is 0 Å². The second kappa shape index (κ2) is 3.87. The van der Waals surface area contributed by atoms with Gasteiger partial charge in [0.05, 0.1) is 16.9 Å². The van der Waals surface area contributed by atoms with Crippen LogP contribution in [0.1, 0.15) is 24.1 Å². The van der Waals surface area contributed by atoms with Gasteiger partial charge in [-0.1, -0.05) is 24.3 Å².